The number of phenols is 1. The molecule has 2 heterocycles. The molecule has 0 fully saturated rings. The smallest absolute Gasteiger partial charge is 0.204 e. The lowest BCUT2D eigenvalue weighted by Gasteiger charge is -2.08. The molecule has 0 bridgehead atoms. The van der Waals surface area contributed by atoms with Crippen molar-refractivity contribution < 1.29 is 5.11 Å². The average Bonchev–Trinajstić information content (AvgIpc) is 2.97. The van der Waals surface area contributed by atoms with Crippen LogP contribution >= 0.6 is 31.9 Å². The fraction of sp³-hybridized carbons (Fsp3) is 0. The molecule has 0 aliphatic heterocycles. The third-order valence-corrected chi connectivity index (χ3v) is 4.81. The number of hydrazone groups is 1. The van der Waals surface area contributed by atoms with Crippen molar-refractivity contribution >= 4 is 59.6 Å². The number of aromatic nitrogens is 4. The van der Waals surface area contributed by atoms with Crippen LogP contribution in [0.4, 0.5) is 0 Å². The van der Waals surface area contributed by atoms with Gasteiger partial charge in [0.1, 0.15) is 17.0 Å². The molecule has 0 aliphatic rings. The minimum absolute atomic E-state index is 0.00672. The van der Waals surface area contributed by atoms with Crippen LogP contribution in [0.5, 0.6) is 5.75 Å². The van der Waals surface area contributed by atoms with Crippen molar-refractivity contribution in [3.63, 3.8) is 0 Å². The zero-order valence-corrected chi connectivity index (χ0v) is 15.7. The molecule has 9 heteroatoms. The number of hydrogen-bond acceptors (Lipinski definition) is 6. The van der Waals surface area contributed by atoms with Crippen molar-refractivity contribution in [2.24, 2.45) is 10.9 Å². The maximum Gasteiger partial charge on any atom is 0.204 e. The third kappa shape index (κ3) is 2.65. The Morgan fingerprint density at radius 3 is 2.76 bits per heavy atom. The first kappa shape index (κ1) is 16.0. The largest absolute Gasteiger partial charge is 0.506 e. The van der Waals surface area contributed by atoms with Crippen LogP contribution in [0.3, 0.4) is 0 Å². The molecular weight excluding hydrogens is 452 g/mol. The number of fused-ring (bicyclic) bond motifs is 3. The van der Waals surface area contributed by atoms with Crippen LogP contribution in [-0.4, -0.2) is 31.0 Å². The molecule has 0 atom stereocenters. The summed E-state index contributed by atoms with van der Waals surface area (Å²) < 4.78 is 1.24. The predicted octanol–water partition coefficient (Wildman–Crippen LogP) is 3.45. The lowest BCUT2D eigenvalue weighted by molar-refractivity contribution is 0.470. The number of aromatic amines is 1. The fourth-order valence-electron chi connectivity index (χ4n) is 2.62. The van der Waals surface area contributed by atoms with E-state index in [2.05, 4.69) is 57.1 Å². The summed E-state index contributed by atoms with van der Waals surface area (Å²) in [5.74, 6) is 5.76. The third-order valence-electron chi connectivity index (χ3n) is 3.75. The summed E-state index contributed by atoms with van der Waals surface area (Å²) in [6.07, 6.45) is 0. The summed E-state index contributed by atoms with van der Waals surface area (Å²) in [5.41, 5.74) is 2.76. The lowest BCUT2D eigenvalue weighted by atomic mass is 10.1. The second-order valence-electron chi connectivity index (χ2n) is 5.26. The number of aromatic hydroxyl groups is 1. The normalized spacial score (nSPS) is 12.2. The number of hydrogen-bond donors (Lipinski definition) is 3. The van der Waals surface area contributed by atoms with Crippen LogP contribution in [0.15, 0.2) is 50.4 Å². The van der Waals surface area contributed by atoms with Gasteiger partial charge in [-0.05, 0) is 34.1 Å². The number of halogens is 2. The van der Waals surface area contributed by atoms with Gasteiger partial charge >= 0.3 is 0 Å². The van der Waals surface area contributed by atoms with Gasteiger partial charge < -0.3 is 15.9 Å². The molecule has 0 amide bonds. The number of nitrogens with zero attached hydrogens (tertiary/aromatic N) is 4. The van der Waals surface area contributed by atoms with Crippen molar-refractivity contribution in [3.8, 4) is 5.75 Å². The maximum absolute atomic E-state index is 10.3. The molecule has 124 valence electrons. The van der Waals surface area contributed by atoms with Crippen LogP contribution in [0, 0.1) is 0 Å². The quantitative estimate of drug-likeness (QED) is 0.240. The maximum atomic E-state index is 10.3. The van der Waals surface area contributed by atoms with Crippen LogP contribution in [0.1, 0.15) is 11.4 Å². The number of nitrogens with one attached hydrogen (secondary N) is 1. The highest BCUT2D eigenvalue weighted by Crippen LogP contribution is 2.33. The van der Waals surface area contributed by atoms with E-state index in [0.717, 1.165) is 15.4 Å². The molecule has 4 N–H and O–H groups in total. The number of H-pyrrole nitrogens is 1. The Bertz CT molecular complexity index is 1150. The topological polar surface area (TPSA) is 113 Å². The summed E-state index contributed by atoms with van der Waals surface area (Å²) in [4.78, 5) is 7.67. The van der Waals surface area contributed by atoms with Gasteiger partial charge in [-0.15, -0.1) is 10.2 Å². The number of para-hydroxylation sites is 1. The molecular formula is C16H10Br2N6O. The number of nitrogens with two attached hydrogens (primary N) is 1. The molecule has 0 radical (unpaired) electrons. The van der Waals surface area contributed by atoms with Gasteiger partial charge in [0.25, 0.3) is 0 Å². The van der Waals surface area contributed by atoms with Gasteiger partial charge in [0.15, 0.2) is 5.65 Å². The summed E-state index contributed by atoms with van der Waals surface area (Å²) in [6, 6.07) is 11.1. The van der Waals surface area contributed by atoms with E-state index in [1.807, 2.05) is 24.3 Å². The van der Waals surface area contributed by atoms with E-state index in [0.29, 0.717) is 21.2 Å². The van der Waals surface area contributed by atoms with E-state index in [4.69, 9.17) is 5.84 Å². The highest BCUT2D eigenvalue weighted by Gasteiger charge is 2.19. The van der Waals surface area contributed by atoms with Gasteiger partial charge in [-0.2, -0.15) is 5.10 Å². The molecule has 25 heavy (non-hydrogen) atoms. The first-order valence-electron chi connectivity index (χ1n) is 7.16. The summed E-state index contributed by atoms with van der Waals surface area (Å²) in [7, 11) is 0. The van der Waals surface area contributed by atoms with Crippen LogP contribution < -0.4 is 5.84 Å². The Hall–Kier alpha value is -2.52. The van der Waals surface area contributed by atoms with Crippen molar-refractivity contribution in [1.82, 2.24) is 20.2 Å². The molecule has 2 aromatic heterocycles. The molecule has 0 aliphatic carbocycles. The fourth-order valence-corrected chi connectivity index (χ4v) is 3.84. The van der Waals surface area contributed by atoms with E-state index in [1.54, 1.807) is 12.1 Å². The molecule has 4 aromatic rings. The minimum Gasteiger partial charge on any atom is -0.506 e. The zero-order valence-electron chi connectivity index (χ0n) is 12.5. The van der Waals surface area contributed by atoms with E-state index < -0.39 is 0 Å². The molecule has 0 saturated carbocycles. The molecule has 0 saturated heterocycles. The minimum atomic E-state index is -0.00672. The van der Waals surface area contributed by atoms with E-state index >= 15 is 0 Å². The Morgan fingerprint density at radius 1 is 1.16 bits per heavy atom. The number of rotatable bonds is 2. The predicted molar refractivity (Wildman–Crippen MR) is 103 cm³/mol. The van der Waals surface area contributed by atoms with Gasteiger partial charge in [0, 0.05) is 15.4 Å². The highest BCUT2D eigenvalue weighted by molar-refractivity contribution is 9.11. The monoisotopic (exact) mass is 460 g/mol. The van der Waals surface area contributed by atoms with Crippen LogP contribution in [0.25, 0.3) is 22.1 Å². The molecule has 0 unspecified atom stereocenters. The summed E-state index contributed by atoms with van der Waals surface area (Å²) in [6.45, 7) is 0. The molecule has 4 rings (SSSR count). The van der Waals surface area contributed by atoms with E-state index in [-0.39, 0.29) is 17.3 Å². The number of benzene rings is 2. The summed E-state index contributed by atoms with van der Waals surface area (Å²) >= 11 is 6.67. The Labute approximate surface area is 158 Å². The second-order valence-corrected chi connectivity index (χ2v) is 7.03. The second kappa shape index (κ2) is 6.08. The van der Waals surface area contributed by atoms with E-state index in [1.165, 1.54) is 0 Å². The first-order valence-corrected chi connectivity index (χ1v) is 8.75. The molecule has 0 spiro atoms. The number of phenolic OH excluding ortho intramolecular Hbond substituents is 1. The molecule has 2 aromatic carbocycles. The highest BCUT2D eigenvalue weighted by atomic mass is 79.9. The summed E-state index contributed by atoms with van der Waals surface area (Å²) in [5, 5.41) is 23.4. The van der Waals surface area contributed by atoms with E-state index in [9.17, 15) is 5.11 Å². The Kier molecular flexibility index (Phi) is 3.89. The standard InChI is InChI=1S/C16H10Br2N6O/c17-7-5-9(14(25)10(18)6-7)12(22-19)16-21-15-13(23-24-16)8-3-1-2-4-11(8)20-15/h1-6,25H,19H2,(H,20,21,24)/b22-12+. The van der Waals surface area contributed by atoms with Gasteiger partial charge in [-0.1, -0.05) is 34.1 Å². The van der Waals surface area contributed by atoms with Gasteiger partial charge in [-0.3, -0.25) is 0 Å². The Morgan fingerprint density at radius 2 is 1.96 bits per heavy atom. The zero-order chi connectivity index (χ0) is 17.6. The SMILES string of the molecule is N/N=C(/c1nnc2c(n1)[nH]c1ccccc12)c1cc(Br)cc(Br)c1O. The lowest BCUT2D eigenvalue weighted by Crippen LogP contribution is -2.12. The van der Waals surface area contributed by atoms with Gasteiger partial charge in [0.05, 0.1) is 10.0 Å². The van der Waals surface area contributed by atoms with Crippen molar-refractivity contribution in [2.75, 3.05) is 0 Å². The van der Waals surface area contributed by atoms with Crippen molar-refractivity contribution in [1.29, 1.82) is 0 Å². The van der Waals surface area contributed by atoms with Gasteiger partial charge in [0.2, 0.25) is 5.82 Å². The molecule has 7 nitrogen and oxygen atoms in total. The van der Waals surface area contributed by atoms with Crippen LogP contribution in [-0.2, 0) is 0 Å². The average molecular weight is 462 g/mol. The first-order chi connectivity index (χ1) is 12.1. The van der Waals surface area contributed by atoms with Crippen molar-refractivity contribution in [3.05, 3.63) is 56.7 Å². The van der Waals surface area contributed by atoms with Crippen LogP contribution in [0.2, 0.25) is 0 Å². The van der Waals surface area contributed by atoms with Gasteiger partial charge in [-0.25, -0.2) is 4.98 Å². The van der Waals surface area contributed by atoms with Crippen molar-refractivity contribution in [2.45, 2.75) is 0 Å². The Balaban J connectivity index is 1.92.